The van der Waals surface area contributed by atoms with E-state index >= 15 is 0 Å². The molecule has 148 valence electrons. The summed E-state index contributed by atoms with van der Waals surface area (Å²) in [6.07, 6.45) is 0.530. The number of rotatable bonds is 5. The van der Waals surface area contributed by atoms with Crippen LogP contribution in [0.3, 0.4) is 0 Å². The van der Waals surface area contributed by atoms with Crippen LogP contribution in [0.2, 0.25) is 0 Å². The van der Waals surface area contributed by atoms with E-state index in [4.69, 9.17) is 0 Å². The normalized spacial score (nSPS) is 14.2. The average molecular weight is 410 g/mol. The number of benzene rings is 2. The Morgan fingerprint density at radius 2 is 1.93 bits per heavy atom. The number of hydrogen-bond acceptors (Lipinski definition) is 5. The van der Waals surface area contributed by atoms with Crippen molar-refractivity contribution in [2.75, 3.05) is 7.05 Å². The second-order valence-electron chi connectivity index (χ2n) is 6.86. The van der Waals surface area contributed by atoms with Gasteiger partial charge in [-0.3, -0.25) is 9.59 Å². The summed E-state index contributed by atoms with van der Waals surface area (Å²) < 4.78 is 14.2. The molecule has 0 saturated heterocycles. The highest BCUT2D eigenvalue weighted by molar-refractivity contribution is 7.18. The fourth-order valence-electron chi connectivity index (χ4n) is 3.12. The molecule has 0 radical (unpaired) electrons. The van der Waals surface area contributed by atoms with Crippen molar-refractivity contribution in [2.45, 2.75) is 25.9 Å². The third-order valence-corrected chi connectivity index (χ3v) is 5.68. The predicted molar refractivity (Wildman–Crippen MR) is 110 cm³/mol. The van der Waals surface area contributed by atoms with Gasteiger partial charge in [-0.2, -0.15) is 5.10 Å². The number of halogens is 1. The molecule has 2 aromatic carbocycles. The molecule has 4 rings (SSSR count). The van der Waals surface area contributed by atoms with Crippen molar-refractivity contribution in [2.24, 2.45) is 5.10 Å². The van der Waals surface area contributed by atoms with Gasteiger partial charge in [0.1, 0.15) is 16.5 Å². The Morgan fingerprint density at radius 1 is 1.17 bits per heavy atom. The maximum absolute atomic E-state index is 13.1. The topological polar surface area (TPSA) is 65.9 Å². The van der Waals surface area contributed by atoms with Crippen molar-refractivity contribution in [1.82, 2.24) is 14.9 Å². The maximum Gasteiger partial charge on any atom is 0.270 e. The summed E-state index contributed by atoms with van der Waals surface area (Å²) in [5, 5.41) is 6.42. The minimum Gasteiger partial charge on any atom is -0.334 e. The van der Waals surface area contributed by atoms with Gasteiger partial charge in [0.2, 0.25) is 5.91 Å². The number of amides is 2. The van der Waals surface area contributed by atoms with Crippen LogP contribution in [-0.2, 0) is 22.7 Å². The highest BCUT2D eigenvalue weighted by Gasteiger charge is 2.26. The van der Waals surface area contributed by atoms with Gasteiger partial charge in [0.05, 0.1) is 23.3 Å². The monoisotopic (exact) mass is 410 g/mol. The third kappa shape index (κ3) is 4.32. The first-order valence-corrected chi connectivity index (χ1v) is 10.0. The molecule has 1 aromatic heterocycles. The summed E-state index contributed by atoms with van der Waals surface area (Å²) in [6.45, 7) is 0.584. The summed E-state index contributed by atoms with van der Waals surface area (Å²) in [5.41, 5.74) is 2.01. The number of aromatic nitrogens is 1. The molecular weight excluding hydrogens is 391 g/mol. The van der Waals surface area contributed by atoms with Crippen LogP contribution in [-0.4, -0.2) is 39.5 Å². The van der Waals surface area contributed by atoms with Crippen molar-refractivity contribution in [3.8, 4) is 0 Å². The summed E-state index contributed by atoms with van der Waals surface area (Å²) >= 11 is 1.55. The first-order chi connectivity index (χ1) is 14.0. The van der Waals surface area contributed by atoms with Crippen LogP contribution >= 0.6 is 11.3 Å². The van der Waals surface area contributed by atoms with Crippen molar-refractivity contribution < 1.29 is 14.0 Å². The summed E-state index contributed by atoms with van der Waals surface area (Å²) in [5.74, 6) is -0.713. The first kappa shape index (κ1) is 19.2. The summed E-state index contributed by atoms with van der Waals surface area (Å²) in [4.78, 5) is 31.2. The van der Waals surface area contributed by atoms with Crippen molar-refractivity contribution in [1.29, 1.82) is 0 Å². The molecule has 29 heavy (non-hydrogen) atoms. The van der Waals surface area contributed by atoms with Gasteiger partial charge >= 0.3 is 0 Å². The number of nitrogens with zero attached hydrogens (tertiary/aromatic N) is 4. The Labute approximate surface area is 171 Å². The molecule has 1 aliphatic heterocycles. The van der Waals surface area contributed by atoms with Gasteiger partial charge < -0.3 is 4.90 Å². The van der Waals surface area contributed by atoms with E-state index < -0.39 is 0 Å². The largest absolute Gasteiger partial charge is 0.334 e. The van der Waals surface area contributed by atoms with Gasteiger partial charge in [0.15, 0.2) is 0 Å². The molecule has 1 aliphatic rings. The van der Waals surface area contributed by atoms with E-state index in [9.17, 15) is 14.0 Å². The van der Waals surface area contributed by atoms with E-state index in [2.05, 4.69) is 10.1 Å². The Kier molecular flexibility index (Phi) is 5.35. The summed E-state index contributed by atoms with van der Waals surface area (Å²) in [7, 11) is 1.71. The van der Waals surface area contributed by atoms with Gasteiger partial charge in [0.25, 0.3) is 5.91 Å². The van der Waals surface area contributed by atoms with Crippen LogP contribution < -0.4 is 0 Å². The Hall–Kier alpha value is -3.13. The molecule has 0 bridgehead atoms. The van der Waals surface area contributed by atoms with E-state index in [1.807, 2.05) is 24.3 Å². The molecule has 8 heteroatoms. The zero-order chi connectivity index (χ0) is 20.4. The van der Waals surface area contributed by atoms with Crippen LogP contribution in [0.5, 0.6) is 0 Å². The smallest absolute Gasteiger partial charge is 0.270 e. The minimum atomic E-state index is -0.338. The molecule has 0 saturated carbocycles. The number of carbonyl (C=O) groups is 2. The fraction of sp³-hybridized carbons (Fsp3) is 0.238. The first-order valence-electron chi connectivity index (χ1n) is 9.22. The van der Waals surface area contributed by atoms with E-state index in [1.54, 1.807) is 35.4 Å². The minimum absolute atomic E-state index is 0.153. The van der Waals surface area contributed by atoms with Gasteiger partial charge in [-0.05, 0) is 29.8 Å². The van der Waals surface area contributed by atoms with Crippen LogP contribution in [0, 0.1) is 5.82 Å². The predicted octanol–water partition coefficient (Wildman–Crippen LogP) is 3.57. The van der Waals surface area contributed by atoms with Gasteiger partial charge in [-0.25, -0.2) is 14.4 Å². The molecule has 6 nitrogen and oxygen atoms in total. The Balaban J connectivity index is 1.47. The van der Waals surface area contributed by atoms with E-state index in [1.165, 1.54) is 17.1 Å². The SMILES string of the molecule is CN(Cc1nc2ccccc2s1)C(=O)C1=NN(Cc2ccc(F)cc2)C(=O)CC1. The second kappa shape index (κ2) is 8.08. The standard InChI is InChI=1S/C21H19FN4O2S/c1-25(13-19-23-16-4-2-3-5-18(16)29-19)21(28)17-10-11-20(27)26(24-17)12-14-6-8-15(22)9-7-14/h2-9H,10-13H2,1H3. The highest BCUT2D eigenvalue weighted by Crippen LogP contribution is 2.23. The molecule has 0 aliphatic carbocycles. The number of thiazole rings is 1. The zero-order valence-electron chi connectivity index (χ0n) is 15.8. The van der Waals surface area contributed by atoms with Crippen LogP contribution in [0.25, 0.3) is 10.2 Å². The molecule has 0 unspecified atom stereocenters. The second-order valence-corrected chi connectivity index (χ2v) is 7.98. The Morgan fingerprint density at radius 3 is 2.69 bits per heavy atom. The van der Waals surface area contributed by atoms with Gasteiger partial charge in [0, 0.05) is 19.9 Å². The van der Waals surface area contributed by atoms with Gasteiger partial charge in [-0.15, -0.1) is 11.3 Å². The molecule has 3 aromatic rings. The number of fused-ring (bicyclic) bond motifs is 1. The van der Waals surface area contributed by atoms with Gasteiger partial charge in [-0.1, -0.05) is 24.3 Å². The third-order valence-electron chi connectivity index (χ3n) is 4.65. The fourth-order valence-corrected chi connectivity index (χ4v) is 4.15. The maximum atomic E-state index is 13.1. The lowest BCUT2D eigenvalue weighted by Crippen LogP contribution is -2.39. The molecule has 2 amide bonds. The number of para-hydroxylation sites is 1. The van der Waals surface area contributed by atoms with Crippen molar-refractivity contribution in [3.05, 3.63) is 64.9 Å². The van der Waals surface area contributed by atoms with Crippen LogP contribution in [0.4, 0.5) is 4.39 Å². The number of hydrogen-bond donors (Lipinski definition) is 0. The molecule has 0 N–H and O–H groups in total. The highest BCUT2D eigenvalue weighted by atomic mass is 32.1. The van der Waals surface area contributed by atoms with E-state index in [0.29, 0.717) is 18.7 Å². The quantitative estimate of drug-likeness (QED) is 0.646. The number of carbonyl (C=O) groups excluding carboxylic acids is 2. The van der Waals surface area contributed by atoms with Crippen LogP contribution in [0.15, 0.2) is 53.6 Å². The zero-order valence-corrected chi connectivity index (χ0v) is 16.7. The van der Waals surface area contributed by atoms with Crippen molar-refractivity contribution in [3.63, 3.8) is 0 Å². The molecule has 0 atom stereocenters. The lowest BCUT2D eigenvalue weighted by Gasteiger charge is -2.25. The molecule has 2 heterocycles. The van der Waals surface area contributed by atoms with E-state index in [-0.39, 0.29) is 30.6 Å². The van der Waals surface area contributed by atoms with Crippen molar-refractivity contribution >= 4 is 39.1 Å². The molecule has 0 spiro atoms. The van der Waals surface area contributed by atoms with Crippen LogP contribution in [0.1, 0.15) is 23.4 Å². The number of hydrazone groups is 1. The van der Waals surface area contributed by atoms with E-state index in [0.717, 1.165) is 20.8 Å². The summed E-state index contributed by atoms with van der Waals surface area (Å²) in [6, 6.07) is 13.7. The average Bonchev–Trinajstić information content (AvgIpc) is 3.13. The Bertz CT molecular complexity index is 1060. The lowest BCUT2D eigenvalue weighted by molar-refractivity contribution is -0.132. The lowest BCUT2D eigenvalue weighted by atomic mass is 10.1. The molecular formula is C21H19FN4O2S. The molecule has 0 fully saturated rings.